The van der Waals surface area contributed by atoms with Crippen LogP contribution in [-0.4, -0.2) is 46.9 Å². The molecule has 0 rings (SSSR count). The van der Waals surface area contributed by atoms with Gasteiger partial charge < -0.3 is 20.3 Å². The summed E-state index contributed by atoms with van der Waals surface area (Å²) in [5.74, 6) is -0.502. The highest BCUT2D eigenvalue weighted by atomic mass is 16.5. The third-order valence-corrected chi connectivity index (χ3v) is 11.0. The molecular weight excluding hydrogens is 695 g/mol. The molecule has 0 aromatic heterocycles. The lowest BCUT2D eigenvalue weighted by Gasteiger charge is -2.24. The van der Waals surface area contributed by atoms with Crippen LogP contribution in [0.3, 0.4) is 0 Å². The minimum atomic E-state index is -0.792. The Kier molecular flexibility index (Phi) is 42.7. The third kappa shape index (κ3) is 38.9. The number of aliphatic hydroxyl groups is 2. The number of carbonyl (C=O) groups is 2. The number of carbonyl (C=O) groups excluding carboxylic acids is 2. The fourth-order valence-electron chi connectivity index (χ4n) is 7.37. The molecule has 328 valence electrons. The van der Waals surface area contributed by atoms with Gasteiger partial charge >= 0.3 is 5.97 Å². The summed E-state index contributed by atoms with van der Waals surface area (Å²) in [4.78, 5) is 26.0. The van der Waals surface area contributed by atoms with Crippen molar-refractivity contribution in [3.8, 4) is 0 Å². The highest BCUT2D eigenvalue weighted by Crippen LogP contribution is 2.18. The molecule has 3 unspecified atom stereocenters. The second-order valence-corrected chi connectivity index (χ2v) is 16.6. The summed E-state index contributed by atoms with van der Waals surface area (Å²) in [5, 5.41) is 23.6. The number of hydrogen-bond acceptors (Lipinski definition) is 5. The molecule has 0 bridgehead atoms. The molecule has 3 atom stereocenters. The molecule has 6 heteroatoms. The summed E-state index contributed by atoms with van der Waals surface area (Å²) in [7, 11) is 0. The van der Waals surface area contributed by atoms with Gasteiger partial charge in [0, 0.05) is 6.42 Å². The molecule has 0 aliphatic rings. The van der Waals surface area contributed by atoms with Crippen molar-refractivity contribution < 1.29 is 24.5 Å². The molecule has 0 radical (unpaired) electrons. The number of rotatable bonds is 43. The van der Waals surface area contributed by atoms with E-state index in [2.05, 4.69) is 50.4 Å². The van der Waals surface area contributed by atoms with Gasteiger partial charge in [-0.25, -0.2) is 0 Å². The van der Waals surface area contributed by atoms with Crippen molar-refractivity contribution in [1.82, 2.24) is 5.32 Å². The molecule has 0 aromatic carbocycles. The molecular formula is C50H93NO5. The van der Waals surface area contributed by atoms with Crippen LogP contribution in [0.25, 0.3) is 0 Å². The first-order valence-corrected chi connectivity index (χ1v) is 24.2. The van der Waals surface area contributed by atoms with Gasteiger partial charge in [0.15, 0.2) is 0 Å². The van der Waals surface area contributed by atoms with E-state index in [1.807, 2.05) is 12.2 Å². The molecule has 0 aromatic rings. The van der Waals surface area contributed by atoms with Gasteiger partial charge in [-0.1, -0.05) is 224 Å². The first kappa shape index (κ1) is 54.1. The van der Waals surface area contributed by atoms with Crippen LogP contribution in [0.4, 0.5) is 0 Å². The van der Waals surface area contributed by atoms with E-state index in [4.69, 9.17) is 4.74 Å². The molecule has 6 nitrogen and oxygen atoms in total. The lowest BCUT2D eigenvalue weighted by Crippen LogP contribution is -2.46. The summed E-state index contributed by atoms with van der Waals surface area (Å²) in [5.41, 5.74) is 0. The van der Waals surface area contributed by atoms with E-state index in [9.17, 15) is 19.8 Å². The predicted molar refractivity (Wildman–Crippen MR) is 241 cm³/mol. The minimum absolute atomic E-state index is 0.0577. The van der Waals surface area contributed by atoms with Crippen molar-refractivity contribution in [2.45, 2.75) is 264 Å². The van der Waals surface area contributed by atoms with E-state index in [1.54, 1.807) is 0 Å². The van der Waals surface area contributed by atoms with Crippen LogP contribution in [0.1, 0.15) is 245 Å². The van der Waals surface area contributed by atoms with Crippen LogP contribution < -0.4 is 5.32 Å². The van der Waals surface area contributed by atoms with E-state index >= 15 is 0 Å². The number of allylic oxidation sites excluding steroid dienone is 6. The molecule has 0 spiro atoms. The van der Waals surface area contributed by atoms with Gasteiger partial charge in [0.2, 0.25) is 5.91 Å². The molecule has 56 heavy (non-hydrogen) atoms. The Morgan fingerprint density at radius 2 is 0.964 bits per heavy atom. The van der Waals surface area contributed by atoms with Crippen molar-refractivity contribution >= 4 is 11.9 Å². The van der Waals surface area contributed by atoms with Gasteiger partial charge in [-0.15, -0.1) is 0 Å². The normalized spacial score (nSPS) is 13.6. The smallest absolute Gasteiger partial charge is 0.306 e. The van der Waals surface area contributed by atoms with E-state index in [0.717, 1.165) is 70.6 Å². The standard InChI is InChI=1S/C50H93NO5/c1-4-7-10-13-16-19-22-23-24-25-26-28-31-34-37-40-43-50(55)56-46(41-38-35-32-29-27-20-17-14-11-8-5-2)44-49(54)51-47(45-52)48(53)42-39-36-33-30-21-18-15-12-9-6-3/h8,11,14,17,20,27,46-48,52-53H,4-7,9-10,12-13,15-16,18-19,21-26,28-45H2,1-3H3,(H,51,54)/b11-8+,17-14+,27-20-. The summed E-state index contributed by atoms with van der Waals surface area (Å²) in [6, 6.07) is -0.708. The third-order valence-electron chi connectivity index (χ3n) is 11.0. The van der Waals surface area contributed by atoms with Crippen LogP contribution in [-0.2, 0) is 14.3 Å². The number of ether oxygens (including phenoxy) is 1. The molecule has 0 fully saturated rings. The van der Waals surface area contributed by atoms with Crippen LogP contribution >= 0.6 is 0 Å². The zero-order valence-corrected chi connectivity index (χ0v) is 37.3. The summed E-state index contributed by atoms with van der Waals surface area (Å²) >= 11 is 0. The maximum Gasteiger partial charge on any atom is 0.306 e. The van der Waals surface area contributed by atoms with Gasteiger partial charge in [-0.05, 0) is 44.9 Å². The second-order valence-electron chi connectivity index (χ2n) is 16.6. The van der Waals surface area contributed by atoms with Gasteiger partial charge in [-0.2, -0.15) is 0 Å². The molecule has 0 saturated carbocycles. The maximum absolute atomic E-state index is 13.1. The van der Waals surface area contributed by atoms with Gasteiger partial charge in [-0.3, -0.25) is 9.59 Å². The summed E-state index contributed by atoms with van der Waals surface area (Å²) in [6.07, 6.45) is 50.7. The molecule has 0 aliphatic heterocycles. The van der Waals surface area contributed by atoms with E-state index in [1.165, 1.54) is 128 Å². The van der Waals surface area contributed by atoms with E-state index in [0.29, 0.717) is 19.3 Å². The number of amides is 1. The Balaban J connectivity index is 4.54. The zero-order valence-electron chi connectivity index (χ0n) is 37.3. The average molecular weight is 788 g/mol. The van der Waals surface area contributed by atoms with Gasteiger partial charge in [0.1, 0.15) is 6.10 Å². The number of aliphatic hydroxyl groups excluding tert-OH is 2. The van der Waals surface area contributed by atoms with Crippen LogP contribution in [0.5, 0.6) is 0 Å². The van der Waals surface area contributed by atoms with Crippen LogP contribution in [0, 0.1) is 0 Å². The average Bonchev–Trinajstić information content (AvgIpc) is 3.19. The topological polar surface area (TPSA) is 95.9 Å². The van der Waals surface area contributed by atoms with Gasteiger partial charge in [0.05, 0.1) is 25.2 Å². The largest absolute Gasteiger partial charge is 0.462 e. The number of hydrogen-bond donors (Lipinski definition) is 3. The molecule has 1 amide bonds. The van der Waals surface area contributed by atoms with Crippen molar-refractivity contribution in [2.24, 2.45) is 0 Å². The van der Waals surface area contributed by atoms with Crippen molar-refractivity contribution in [2.75, 3.05) is 6.61 Å². The lowest BCUT2D eigenvalue weighted by molar-refractivity contribution is -0.151. The van der Waals surface area contributed by atoms with E-state index in [-0.39, 0.29) is 24.9 Å². The molecule has 3 N–H and O–H groups in total. The number of esters is 1. The first-order chi connectivity index (χ1) is 27.5. The summed E-state index contributed by atoms with van der Waals surface area (Å²) < 4.78 is 5.90. The molecule has 0 aliphatic carbocycles. The maximum atomic E-state index is 13.1. The number of nitrogens with one attached hydrogen (secondary N) is 1. The fourth-order valence-corrected chi connectivity index (χ4v) is 7.37. The van der Waals surface area contributed by atoms with Crippen molar-refractivity contribution in [3.05, 3.63) is 36.5 Å². The minimum Gasteiger partial charge on any atom is -0.462 e. The monoisotopic (exact) mass is 788 g/mol. The Morgan fingerprint density at radius 1 is 0.536 bits per heavy atom. The van der Waals surface area contributed by atoms with Crippen LogP contribution in [0.2, 0.25) is 0 Å². The zero-order chi connectivity index (χ0) is 41.0. The first-order valence-electron chi connectivity index (χ1n) is 24.2. The van der Waals surface area contributed by atoms with Crippen LogP contribution in [0.15, 0.2) is 36.5 Å². The van der Waals surface area contributed by atoms with Crippen molar-refractivity contribution in [3.63, 3.8) is 0 Å². The Morgan fingerprint density at radius 3 is 1.45 bits per heavy atom. The Bertz CT molecular complexity index is 930. The lowest BCUT2D eigenvalue weighted by atomic mass is 10.0. The second kappa shape index (κ2) is 44.2. The van der Waals surface area contributed by atoms with Gasteiger partial charge in [0.25, 0.3) is 0 Å². The quantitative estimate of drug-likeness (QED) is 0.0325. The highest BCUT2D eigenvalue weighted by molar-refractivity contribution is 5.77. The predicted octanol–water partition coefficient (Wildman–Crippen LogP) is 14.1. The number of unbranched alkanes of at least 4 members (excludes halogenated alkanes) is 27. The SMILES string of the molecule is CC/C=C/C=C/C=C\CCCCCC(CC(=O)NC(CO)C(O)CCCCCCCCCCCC)OC(=O)CCCCCCCCCCCCCCCCCC. The molecule has 0 heterocycles. The Labute approximate surface area is 347 Å². The Hall–Kier alpha value is -1.92. The summed E-state index contributed by atoms with van der Waals surface area (Å²) in [6.45, 7) is 6.33. The van der Waals surface area contributed by atoms with E-state index < -0.39 is 18.2 Å². The highest BCUT2D eigenvalue weighted by Gasteiger charge is 2.24. The van der Waals surface area contributed by atoms with Crippen molar-refractivity contribution in [1.29, 1.82) is 0 Å². The molecule has 0 saturated heterocycles. The fraction of sp³-hybridized carbons (Fsp3) is 0.840.